The predicted octanol–water partition coefficient (Wildman–Crippen LogP) is 2.09. The largest absolute Gasteiger partial charge is 0.397 e. The van der Waals surface area contributed by atoms with Crippen LogP contribution in [0, 0.1) is 0 Å². The first kappa shape index (κ1) is 12.5. The van der Waals surface area contributed by atoms with E-state index in [0.29, 0.717) is 6.42 Å². The molecule has 1 amide bonds. The number of hydrogen-bond acceptors (Lipinski definition) is 2. The lowest BCUT2D eigenvalue weighted by Crippen LogP contribution is -2.21. The molecule has 0 saturated heterocycles. The Hall–Kier alpha value is -1.97. The first-order valence-corrected chi connectivity index (χ1v) is 6.13. The maximum Gasteiger partial charge on any atom is 0.222 e. The Bertz CT molecular complexity index is 557. The zero-order valence-electron chi connectivity index (χ0n) is 10.9. The van der Waals surface area contributed by atoms with Crippen LogP contribution in [0.3, 0.4) is 0 Å². The van der Waals surface area contributed by atoms with Crippen molar-refractivity contribution in [2.75, 3.05) is 19.8 Å². The number of rotatable bonds is 4. The van der Waals surface area contributed by atoms with Crippen LogP contribution in [0.4, 0.5) is 5.69 Å². The molecule has 0 aliphatic carbocycles. The van der Waals surface area contributed by atoms with Gasteiger partial charge in [0.05, 0.1) is 11.2 Å². The normalized spacial score (nSPS) is 10.8. The van der Waals surface area contributed by atoms with Crippen LogP contribution >= 0.6 is 0 Å². The molecule has 96 valence electrons. The molecule has 0 bridgehead atoms. The number of anilines is 1. The Kier molecular flexibility index (Phi) is 3.55. The van der Waals surface area contributed by atoms with Crippen LogP contribution in [0.5, 0.6) is 0 Å². The van der Waals surface area contributed by atoms with E-state index in [0.717, 1.165) is 29.6 Å². The van der Waals surface area contributed by atoms with Crippen molar-refractivity contribution in [2.24, 2.45) is 0 Å². The van der Waals surface area contributed by atoms with E-state index in [4.69, 9.17) is 5.73 Å². The molecule has 0 radical (unpaired) electrons. The molecule has 1 aromatic heterocycles. The number of fused-ring (bicyclic) bond motifs is 1. The van der Waals surface area contributed by atoms with E-state index in [-0.39, 0.29) is 5.91 Å². The first-order valence-electron chi connectivity index (χ1n) is 6.13. The molecule has 0 aliphatic rings. The lowest BCUT2D eigenvalue weighted by molar-refractivity contribution is -0.128. The monoisotopic (exact) mass is 245 g/mol. The third-order valence-corrected chi connectivity index (χ3v) is 3.11. The Morgan fingerprint density at radius 3 is 2.83 bits per heavy atom. The van der Waals surface area contributed by atoms with Crippen LogP contribution < -0.4 is 5.73 Å². The smallest absolute Gasteiger partial charge is 0.222 e. The van der Waals surface area contributed by atoms with Gasteiger partial charge < -0.3 is 15.2 Å². The summed E-state index contributed by atoms with van der Waals surface area (Å²) in [6.07, 6.45) is 3.43. The molecule has 18 heavy (non-hydrogen) atoms. The highest BCUT2D eigenvalue weighted by Gasteiger charge is 2.06. The first-order chi connectivity index (χ1) is 8.59. The minimum Gasteiger partial charge on any atom is -0.397 e. The number of hydrogen-bond donors (Lipinski definition) is 1. The molecule has 1 heterocycles. The number of nitrogen functional groups attached to an aromatic ring is 1. The predicted molar refractivity (Wildman–Crippen MR) is 74.3 cm³/mol. The molecule has 0 spiro atoms. The zero-order valence-corrected chi connectivity index (χ0v) is 10.9. The number of carbonyl (C=O) groups excluding carboxylic acids is 1. The van der Waals surface area contributed by atoms with Crippen LogP contribution in [-0.2, 0) is 11.3 Å². The summed E-state index contributed by atoms with van der Waals surface area (Å²) in [6.45, 7) is 0.817. The van der Waals surface area contributed by atoms with E-state index in [2.05, 4.69) is 10.6 Å². The number of carbonyl (C=O) groups is 1. The maximum atomic E-state index is 11.5. The van der Waals surface area contributed by atoms with Crippen LogP contribution in [0.25, 0.3) is 10.9 Å². The summed E-state index contributed by atoms with van der Waals surface area (Å²) in [5.74, 6) is 0.166. The summed E-state index contributed by atoms with van der Waals surface area (Å²) in [5.41, 5.74) is 7.84. The highest BCUT2D eigenvalue weighted by molar-refractivity contribution is 5.90. The van der Waals surface area contributed by atoms with Gasteiger partial charge in [-0.2, -0.15) is 0 Å². The average Bonchev–Trinajstić information content (AvgIpc) is 2.73. The lowest BCUT2D eigenvalue weighted by Gasteiger charge is -2.11. The van der Waals surface area contributed by atoms with Gasteiger partial charge in [-0.15, -0.1) is 0 Å². The summed E-state index contributed by atoms with van der Waals surface area (Å²) < 4.78 is 2.12. The Labute approximate surface area is 107 Å². The summed E-state index contributed by atoms with van der Waals surface area (Å²) >= 11 is 0. The Morgan fingerprint density at radius 2 is 2.11 bits per heavy atom. The quantitative estimate of drug-likeness (QED) is 0.839. The van der Waals surface area contributed by atoms with E-state index in [9.17, 15) is 4.79 Å². The van der Waals surface area contributed by atoms with E-state index < -0.39 is 0 Å². The molecule has 0 fully saturated rings. The van der Waals surface area contributed by atoms with Gasteiger partial charge in [0, 0.05) is 38.6 Å². The molecule has 0 atom stereocenters. The SMILES string of the molecule is CN(C)C(=O)CCCn1ccc2cccc(N)c21. The molecule has 0 saturated carbocycles. The van der Waals surface area contributed by atoms with Gasteiger partial charge in [0.25, 0.3) is 0 Å². The summed E-state index contributed by atoms with van der Waals surface area (Å²) in [7, 11) is 3.57. The number of nitrogens with two attached hydrogens (primary N) is 1. The van der Waals surface area contributed by atoms with Crippen molar-refractivity contribution < 1.29 is 4.79 Å². The van der Waals surface area contributed by atoms with Gasteiger partial charge in [0.2, 0.25) is 5.91 Å². The fourth-order valence-corrected chi connectivity index (χ4v) is 2.10. The summed E-state index contributed by atoms with van der Waals surface area (Å²) in [5, 5.41) is 1.15. The van der Waals surface area contributed by atoms with Crippen molar-refractivity contribution in [2.45, 2.75) is 19.4 Å². The van der Waals surface area contributed by atoms with E-state index in [1.165, 1.54) is 0 Å². The second-order valence-corrected chi connectivity index (χ2v) is 4.69. The second-order valence-electron chi connectivity index (χ2n) is 4.69. The standard InChI is InChI=1S/C14H19N3O/c1-16(2)13(18)7-4-9-17-10-8-11-5-3-6-12(15)14(11)17/h3,5-6,8,10H,4,7,9,15H2,1-2H3. The van der Waals surface area contributed by atoms with Gasteiger partial charge in [-0.3, -0.25) is 4.79 Å². The Balaban J connectivity index is 2.06. The molecule has 1 aromatic carbocycles. The number of aryl methyl sites for hydroxylation is 1. The molecule has 4 heteroatoms. The highest BCUT2D eigenvalue weighted by atomic mass is 16.2. The molecule has 4 nitrogen and oxygen atoms in total. The Morgan fingerprint density at radius 1 is 1.33 bits per heavy atom. The second kappa shape index (κ2) is 5.12. The lowest BCUT2D eigenvalue weighted by atomic mass is 10.2. The molecule has 0 aliphatic heterocycles. The summed E-state index contributed by atoms with van der Waals surface area (Å²) in [4.78, 5) is 13.1. The number of amides is 1. The molecule has 2 rings (SSSR count). The molecule has 2 N–H and O–H groups in total. The summed E-state index contributed by atoms with van der Waals surface area (Å²) in [6, 6.07) is 7.97. The molecule has 0 unspecified atom stereocenters. The van der Waals surface area contributed by atoms with E-state index in [1.54, 1.807) is 19.0 Å². The minimum absolute atomic E-state index is 0.166. The average molecular weight is 245 g/mol. The van der Waals surface area contributed by atoms with Gasteiger partial charge in [-0.05, 0) is 18.6 Å². The molecular formula is C14H19N3O. The topological polar surface area (TPSA) is 51.3 Å². The van der Waals surface area contributed by atoms with Gasteiger partial charge in [0.15, 0.2) is 0 Å². The van der Waals surface area contributed by atoms with Crippen molar-refractivity contribution in [3.05, 3.63) is 30.5 Å². The third kappa shape index (κ3) is 2.47. The maximum absolute atomic E-state index is 11.5. The van der Waals surface area contributed by atoms with Crippen LogP contribution in [-0.4, -0.2) is 29.5 Å². The van der Waals surface area contributed by atoms with Crippen LogP contribution in [0.2, 0.25) is 0 Å². The van der Waals surface area contributed by atoms with Crippen molar-refractivity contribution in [3.8, 4) is 0 Å². The van der Waals surface area contributed by atoms with Crippen LogP contribution in [0.1, 0.15) is 12.8 Å². The fourth-order valence-electron chi connectivity index (χ4n) is 2.10. The van der Waals surface area contributed by atoms with E-state index in [1.807, 2.05) is 24.4 Å². The highest BCUT2D eigenvalue weighted by Crippen LogP contribution is 2.22. The van der Waals surface area contributed by atoms with E-state index >= 15 is 0 Å². The van der Waals surface area contributed by atoms with Crippen molar-refractivity contribution >= 4 is 22.5 Å². The van der Waals surface area contributed by atoms with Gasteiger partial charge in [0.1, 0.15) is 0 Å². The van der Waals surface area contributed by atoms with Gasteiger partial charge >= 0.3 is 0 Å². The number of benzene rings is 1. The minimum atomic E-state index is 0.166. The van der Waals surface area contributed by atoms with Crippen LogP contribution in [0.15, 0.2) is 30.5 Å². The van der Waals surface area contributed by atoms with Gasteiger partial charge in [-0.25, -0.2) is 0 Å². The number of para-hydroxylation sites is 1. The van der Waals surface area contributed by atoms with Crippen molar-refractivity contribution in [1.29, 1.82) is 0 Å². The molecule has 2 aromatic rings. The number of nitrogens with zero attached hydrogens (tertiary/aromatic N) is 2. The van der Waals surface area contributed by atoms with Gasteiger partial charge in [-0.1, -0.05) is 12.1 Å². The molecular weight excluding hydrogens is 226 g/mol. The van der Waals surface area contributed by atoms with Crippen molar-refractivity contribution in [1.82, 2.24) is 9.47 Å². The zero-order chi connectivity index (χ0) is 13.1. The van der Waals surface area contributed by atoms with Crippen molar-refractivity contribution in [3.63, 3.8) is 0 Å². The third-order valence-electron chi connectivity index (χ3n) is 3.11. The number of aromatic nitrogens is 1. The fraction of sp³-hybridized carbons (Fsp3) is 0.357.